The fraction of sp³-hybridized carbons (Fsp3) is 0.273. The number of nitrogens with zero attached hydrogens (tertiary/aromatic N) is 3. The molecule has 2 heterocycles. The molecule has 1 amide bonds. The quantitative estimate of drug-likeness (QED) is 0.568. The first-order chi connectivity index (χ1) is 15.2. The highest BCUT2D eigenvalue weighted by Gasteiger charge is 2.50. The first-order valence-electron chi connectivity index (χ1n) is 9.88. The van der Waals surface area contributed by atoms with E-state index in [2.05, 4.69) is 4.98 Å². The van der Waals surface area contributed by atoms with E-state index in [1.807, 2.05) is 0 Å². The van der Waals surface area contributed by atoms with Crippen LogP contribution in [-0.4, -0.2) is 41.9 Å². The minimum Gasteiger partial charge on any atom is -0.336 e. The maximum Gasteiger partial charge on any atom is 0.289 e. The monoisotopic (exact) mass is 479 g/mol. The van der Waals surface area contributed by atoms with Gasteiger partial charge in [0.15, 0.2) is 15.7 Å². The van der Waals surface area contributed by atoms with Crippen molar-refractivity contribution in [3.63, 3.8) is 0 Å². The van der Waals surface area contributed by atoms with Crippen LogP contribution in [0.1, 0.15) is 29.0 Å². The largest absolute Gasteiger partial charge is 0.336 e. The number of piperidine rings is 1. The number of aryl methyl sites for hydroxylation is 1. The van der Waals surface area contributed by atoms with E-state index in [4.69, 9.17) is 11.6 Å². The zero-order chi connectivity index (χ0) is 23.1. The molecule has 0 N–H and O–H groups in total. The van der Waals surface area contributed by atoms with Gasteiger partial charge in [-0.05, 0) is 55.3 Å². The Balaban J connectivity index is 1.77. The normalized spacial score (nSPS) is 16.2. The molecule has 1 fully saturated rings. The Labute approximate surface area is 189 Å². The molecular formula is C22H20ClF2N3O3S. The van der Waals surface area contributed by atoms with E-state index in [-0.39, 0.29) is 48.1 Å². The van der Waals surface area contributed by atoms with Crippen molar-refractivity contribution < 1.29 is 22.0 Å². The van der Waals surface area contributed by atoms with E-state index in [1.54, 1.807) is 17.8 Å². The molecule has 0 saturated carbocycles. The summed E-state index contributed by atoms with van der Waals surface area (Å²) in [5.74, 6) is -1.68. The molecule has 4 rings (SSSR count). The van der Waals surface area contributed by atoms with Gasteiger partial charge in [0.25, 0.3) is 5.91 Å². The number of carbonyl (C=O) groups is 1. The number of hydrogen-bond donors (Lipinski definition) is 0. The van der Waals surface area contributed by atoms with Crippen LogP contribution >= 0.6 is 11.6 Å². The van der Waals surface area contributed by atoms with Crippen molar-refractivity contribution in [3.05, 3.63) is 82.9 Å². The lowest BCUT2D eigenvalue weighted by Crippen LogP contribution is -2.49. The molecule has 0 unspecified atom stereocenters. The zero-order valence-electron chi connectivity index (χ0n) is 17.1. The van der Waals surface area contributed by atoms with E-state index in [0.29, 0.717) is 5.02 Å². The fourth-order valence-electron chi connectivity index (χ4n) is 4.15. The van der Waals surface area contributed by atoms with Gasteiger partial charge in [-0.1, -0.05) is 11.6 Å². The van der Waals surface area contributed by atoms with Crippen LogP contribution in [0.4, 0.5) is 8.78 Å². The minimum atomic E-state index is -4.17. The summed E-state index contributed by atoms with van der Waals surface area (Å²) in [4.78, 5) is 18.3. The van der Waals surface area contributed by atoms with Gasteiger partial charge in [0.05, 0.1) is 4.90 Å². The summed E-state index contributed by atoms with van der Waals surface area (Å²) in [7, 11) is -2.49. The zero-order valence-corrected chi connectivity index (χ0v) is 18.7. The average Bonchev–Trinajstić information content (AvgIpc) is 3.21. The van der Waals surface area contributed by atoms with Crippen LogP contribution in [-0.2, 0) is 21.6 Å². The molecule has 32 heavy (non-hydrogen) atoms. The van der Waals surface area contributed by atoms with Crippen molar-refractivity contribution in [1.82, 2.24) is 14.5 Å². The van der Waals surface area contributed by atoms with Crippen molar-refractivity contribution >= 4 is 27.3 Å². The maximum atomic E-state index is 14.9. The second kappa shape index (κ2) is 8.29. The van der Waals surface area contributed by atoms with Gasteiger partial charge in [0.1, 0.15) is 16.4 Å². The highest BCUT2D eigenvalue weighted by molar-refractivity contribution is 7.92. The molecule has 1 aliphatic rings. The third-order valence-electron chi connectivity index (χ3n) is 5.93. The number of benzene rings is 2. The topological polar surface area (TPSA) is 72.3 Å². The number of carbonyl (C=O) groups excluding carboxylic acids is 1. The Morgan fingerprint density at radius 3 is 2.34 bits per heavy atom. The number of imidazole rings is 1. The van der Waals surface area contributed by atoms with Gasteiger partial charge >= 0.3 is 0 Å². The molecule has 1 aliphatic heterocycles. The summed E-state index contributed by atoms with van der Waals surface area (Å²) < 4.78 is 56.4. The van der Waals surface area contributed by atoms with Crippen LogP contribution in [0.25, 0.3) is 0 Å². The third-order valence-corrected chi connectivity index (χ3v) is 8.73. The van der Waals surface area contributed by atoms with Gasteiger partial charge in [-0.25, -0.2) is 22.2 Å². The first kappa shape index (κ1) is 22.4. The van der Waals surface area contributed by atoms with Crippen LogP contribution in [0.15, 0.2) is 59.8 Å². The number of sulfone groups is 1. The standard InChI is InChI=1S/C22H20ClF2N3O3S/c1-27-13-10-26-20(27)21(29)28-11-8-22(9-12-28,18-14-16(24)4-7-19(18)25)32(30,31)17-5-2-15(23)3-6-17/h2-7,10,13-14H,8-9,11-12H2,1H3. The lowest BCUT2D eigenvalue weighted by molar-refractivity contribution is 0.0682. The molecule has 6 nitrogen and oxygen atoms in total. The van der Waals surface area contributed by atoms with Crippen LogP contribution in [0.3, 0.4) is 0 Å². The summed E-state index contributed by atoms with van der Waals surface area (Å²) in [6.07, 6.45) is 2.92. The summed E-state index contributed by atoms with van der Waals surface area (Å²) in [5.41, 5.74) is -0.239. The Bertz CT molecular complexity index is 1270. The van der Waals surface area contributed by atoms with Crippen LogP contribution in [0.5, 0.6) is 0 Å². The minimum absolute atomic E-state index is 0.0362. The predicted octanol–water partition coefficient (Wildman–Crippen LogP) is 3.96. The molecule has 0 atom stereocenters. The molecule has 0 bridgehead atoms. The van der Waals surface area contributed by atoms with Gasteiger partial charge in [-0.3, -0.25) is 4.79 Å². The highest BCUT2D eigenvalue weighted by Crippen LogP contribution is 2.45. The van der Waals surface area contributed by atoms with Crippen LogP contribution < -0.4 is 0 Å². The van der Waals surface area contributed by atoms with Gasteiger partial charge in [-0.15, -0.1) is 0 Å². The maximum absolute atomic E-state index is 14.9. The molecule has 1 saturated heterocycles. The lowest BCUT2D eigenvalue weighted by Gasteiger charge is -2.41. The van der Waals surface area contributed by atoms with Crippen molar-refractivity contribution in [2.45, 2.75) is 22.5 Å². The second-order valence-corrected chi connectivity index (χ2v) is 10.4. The lowest BCUT2D eigenvalue weighted by atomic mass is 9.87. The molecule has 10 heteroatoms. The van der Waals surface area contributed by atoms with E-state index >= 15 is 0 Å². The fourth-order valence-corrected chi connectivity index (χ4v) is 6.39. The highest BCUT2D eigenvalue weighted by atomic mass is 35.5. The number of rotatable bonds is 4. The van der Waals surface area contributed by atoms with Gasteiger partial charge in [-0.2, -0.15) is 0 Å². The van der Waals surface area contributed by atoms with Gasteiger partial charge in [0.2, 0.25) is 0 Å². The summed E-state index contributed by atoms with van der Waals surface area (Å²) >= 11 is 5.90. The molecule has 0 aliphatic carbocycles. The molecule has 2 aromatic carbocycles. The van der Waals surface area contributed by atoms with Crippen molar-refractivity contribution in [3.8, 4) is 0 Å². The molecule has 0 radical (unpaired) electrons. The summed E-state index contributed by atoms with van der Waals surface area (Å²) in [6, 6.07) is 8.37. The van der Waals surface area contributed by atoms with Crippen molar-refractivity contribution in [2.75, 3.05) is 13.1 Å². The third kappa shape index (κ3) is 3.69. The number of likely N-dealkylation sites (tertiary alicyclic amines) is 1. The summed E-state index contributed by atoms with van der Waals surface area (Å²) in [6.45, 7) is 0.0724. The van der Waals surface area contributed by atoms with Crippen LogP contribution in [0, 0.1) is 11.6 Å². The van der Waals surface area contributed by atoms with Crippen LogP contribution in [0.2, 0.25) is 5.02 Å². The van der Waals surface area contributed by atoms with Crippen molar-refractivity contribution in [2.24, 2.45) is 7.05 Å². The Hall–Kier alpha value is -2.78. The van der Waals surface area contributed by atoms with E-state index in [9.17, 15) is 22.0 Å². The molecule has 0 spiro atoms. The molecule has 3 aromatic rings. The predicted molar refractivity (Wildman–Crippen MR) is 115 cm³/mol. The Morgan fingerprint density at radius 2 is 1.75 bits per heavy atom. The number of amides is 1. The second-order valence-electron chi connectivity index (χ2n) is 7.73. The number of halogens is 3. The average molecular weight is 480 g/mol. The van der Waals surface area contributed by atoms with Crippen molar-refractivity contribution in [1.29, 1.82) is 0 Å². The molecular weight excluding hydrogens is 460 g/mol. The SMILES string of the molecule is Cn1ccnc1C(=O)N1CCC(c2cc(F)ccc2F)(S(=O)(=O)c2ccc(Cl)cc2)CC1. The smallest absolute Gasteiger partial charge is 0.289 e. The number of aromatic nitrogens is 2. The molecule has 1 aromatic heterocycles. The molecule has 168 valence electrons. The number of hydrogen-bond acceptors (Lipinski definition) is 4. The Morgan fingerprint density at radius 1 is 1.09 bits per heavy atom. The summed E-state index contributed by atoms with van der Waals surface area (Å²) in [5, 5.41) is 0.352. The Kier molecular flexibility index (Phi) is 5.81. The van der Waals surface area contributed by atoms with E-state index in [1.165, 1.54) is 35.4 Å². The first-order valence-corrected chi connectivity index (χ1v) is 11.7. The van der Waals surface area contributed by atoms with Gasteiger partial charge in [0, 0.05) is 43.1 Å². The van der Waals surface area contributed by atoms with E-state index in [0.717, 1.165) is 18.2 Å². The van der Waals surface area contributed by atoms with E-state index < -0.39 is 26.2 Å². The van der Waals surface area contributed by atoms with Gasteiger partial charge < -0.3 is 9.47 Å².